The first kappa shape index (κ1) is 38.2. The monoisotopic (exact) mass is 620 g/mol. The van der Waals surface area contributed by atoms with Gasteiger partial charge in [0.2, 0.25) is 0 Å². The molecule has 1 rings (SSSR count). The molecular formula is C33H48O11. The number of unbranched alkanes of at least 4 members (excludes halogenated alkanes) is 3. The lowest BCUT2D eigenvalue weighted by molar-refractivity contribution is -0.138. The molecule has 1 aromatic carbocycles. The number of esters is 3. The van der Waals surface area contributed by atoms with Gasteiger partial charge in [-0.25, -0.2) is 14.4 Å². The fraction of sp³-hybridized carbons (Fsp3) is 0.545. The predicted molar refractivity (Wildman–Crippen MR) is 163 cm³/mol. The van der Waals surface area contributed by atoms with Gasteiger partial charge in [-0.1, -0.05) is 43.2 Å². The van der Waals surface area contributed by atoms with E-state index in [0.29, 0.717) is 19.8 Å². The lowest BCUT2D eigenvalue weighted by atomic mass is 9.92. The van der Waals surface area contributed by atoms with E-state index in [0.717, 1.165) is 31.2 Å². The Morgan fingerprint density at radius 2 is 1.02 bits per heavy atom. The maximum Gasteiger partial charge on any atom is 0.333 e. The molecule has 0 aliphatic carbocycles. The summed E-state index contributed by atoms with van der Waals surface area (Å²) in [7, 11) is 0. The van der Waals surface area contributed by atoms with Crippen LogP contribution in [0.25, 0.3) is 0 Å². The van der Waals surface area contributed by atoms with E-state index in [4.69, 9.17) is 37.9 Å². The fourth-order valence-electron chi connectivity index (χ4n) is 3.62. The van der Waals surface area contributed by atoms with Crippen LogP contribution in [0.2, 0.25) is 0 Å². The normalized spacial score (nSPS) is 12.7. The van der Waals surface area contributed by atoms with Crippen LogP contribution >= 0.6 is 0 Å². The predicted octanol–water partition coefficient (Wildman–Crippen LogP) is 5.05. The van der Waals surface area contributed by atoms with Crippen molar-refractivity contribution in [1.29, 1.82) is 0 Å². The fourth-order valence-corrected chi connectivity index (χ4v) is 3.62. The highest BCUT2D eigenvalue weighted by Gasteiger charge is 2.34. The second-order valence-corrected chi connectivity index (χ2v) is 9.60. The summed E-state index contributed by atoms with van der Waals surface area (Å²) in [5, 5.41) is 0. The van der Waals surface area contributed by atoms with Crippen molar-refractivity contribution in [3.63, 3.8) is 0 Å². The van der Waals surface area contributed by atoms with Gasteiger partial charge in [0.15, 0.2) is 0 Å². The Bertz CT molecular complexity index is 910. The van der Waals surface area contributed by atoms with Crippen molar-refractivity contribution in [3.05, 3.63) is 72.9 Å². The van der Waals surface area contributed by atoms with E-state index in [1.165, 1.54) is 37.0 Å². The van der Waals surface area contributed by atoms with Gasteiger partial charge in [-0.3, -0.25) is 0 Å². The molecule has 0 heterocycles. The zero-order valence-electron chi connectivity index (χ0n) is 26.2. The summed E-state index contributed by atoms with van der Waals surface area (Å²) in [6.45, 7) is 7.89. The highest BCUT2D eigenvalue weighted by Crippen LogP contribution is 2.22. The van der Waals surface area contributed by atoms with E-state index >= 15 is 0 Å². The average molecular weight is 621 g/mol. The quantitative estimate of drug-likeness (QED) is 0.0454. The van der Waals surface area contributed by atoms with Gasteiger partial charge in [0.05, 0.1) is 75.5 Å². The minimum Gasteiger partial charge on any atom is -0.500 e. The van der Waals surface area contributed by atoms with Crippen LogP contribution in [0.15, 0.2) is 67.3 Å². The molecule has 0 saturated carbocycles. The highest BCUT2D eigenvalue weighted by atomic mass is 16.5. The SMILES string of the molecule is CCOC(=O)C=COCC(COC=CC(=O)OCC)(CO/C=C/C(=O)OCC)COCCCCCCOCc1ccccc1. The molecule has 0 amide bonds. The Morgan fingerprint density at radius 1 is 0.591 bits per heavy atom. The largest absolute Gasteiger partial charge is 0.500 e. The first-order chi connectivity index (χ1) is 21.4. The van der Waals surface area contributed by atoms with E-state index in [1.54, 1.807) is 20.8 Å². The van der Waals surface area contributed by atoms with Crippen molar-refractivity contribution >= 4 is 17.9 Å². The molecule has 0 fully saturated rings. The van der Waals surface area contributed by atoms with Crippen molar-refractivity contribution in [2.45, 2.75) is 53.1 Å². The molecule has 44 heavy (non-hydrogen) atoms. The van der Waals surface area contributed by atoms with Crippen LogP contribution in [0.3, 0.4) is 0 Å². The summed E-state index contributed by atoms with van der Waals surface area (Å²) in [5.41, 5.74) is 0.271. The van der Waals surface area contributed by atoms with Gasteiger partial charge in [0.25, 0.3) is 0 Å². The Morgan fingerprint density at radius 3 is 1.45 bits per heavy atom. The van der Waals surface area contributed by atoms with E-state index in [1.807, 2.05) is 30.3 Å². The molecular weight excluding hydrogens is 572 g/mol. The molecule has 0 aliphatic rings. The molecule has 0 aromatic heterocycles. The van der Waals surface area contributed by atoms with Gasteiger partial charge in [0.1, 0.15) is 19.8 Å². The van der Waals surface area contributed by atoms with Crippen molar-refractivity contribution < 1.29 is 52.3 Å². The number of rotatable bonds is 26. The third-order valence-corrected chi connectivity index (χ3v) is 5.78. The van der Waals surface area contributed by atoms with Crippen LogP contribution in [0.5, 0.6) is 0 Å². The van der Waals surface area contributed by atoms with Crippen LogP contribution < -0.4 is 0 Å². The van der Waals surface area contributed by atoms with Crippen LogP contribution in [-0.4, -0.2) is 77.4 Å². The van der Waals surface area contributed by atoms with Gasteiger partial charge in [-0.2, -0.15) is 0 Å². The molecule has 0 radical (unpaired) electrons. The molecule has 0 unspecified atom stereocenters. The van der Waals surface area contributed by atoms with Gasteiger partial charge in [0, 0.05) is 13.2 Å². The number of benzene rings is 1. The van der Waals surface area contributed by atoms with Crippen molar-refractivity contribution in [1.82, 2.24) is 0 Å². The third kappa shape index (κ3) is 20.1. The topological polar surface area (TPSA) is 125 Å². The molecule has 0 N–H and O–H groups in total. The number of hydrogen-bond acceptors (Lipinski definition) is 11. The van der Waals surface area contributed by atoms with Crippen molar-refractivity contribution in [2.75, 3.05) is 59.5 Å². The van der Waals surface area contributed by atoms with E-state index < -0.39 is 23.3 Å². The number of hydrogen-bond donors (Lipinski definition) is 0. The zero-order valence-corrected chi connectivity index (χ0v) is 26.2. The molecule has 0 atom stereocenters. The molecule has 11 heteroatoms. The number of ether oxygens (including phenoxy) is 8. The Kier molecular flexibility index (Phi) is 22.3. The van der Waals surface area contributed by atoms with E-state index in [2.05, 4.69) is 0 Å². The minimum atomic E-state index is -0.887. The maximum absolute atomic E-state index is 11.7. The van der Waals surface area contributed by atoms with Gasteiger partial charge in [-0.15, -0.1) is 0 Å². The highest BCUT2D eigenvalue weighted by molar-refractivity contribution is 5.82. The molecule has 11 nitrogen and oxygen atoms in total. The van der Waals surface area contributed by atoms with Crippen molar-refractivity contribution in [2.24, 2.45) is 5.41 Å². The summed E-state index contributed by atoms with van der Waals surface area (Å²) in [5.74, 6) is -1.62. The Hall–Kier alpha value is -3.83. The number of carbonyl (C=O) groups excluding carboxylic acids is 3. The molecule has 0 saturated heterocycles. The van der Waals surface area contributed by atoms with Crippen LogP contribution in [-0.2, 0) is 58.9 Å². The van der Waals surface area contributed by atoms with Crippen molar-refractivity contribution in [3.8, 4) is 0 Å². The van der Waals surface area contributed by atoms with E-state index in [9.17, 15) is 14.4 Å². The smallest absolute Gasteiger partial charge is 0.333 e. The summed E-state index contributed by atoms with van der Waals surface area (Å²) >= 11 is 0. The third-order valence-electron chi connectivity index (χ3n) is 5.78. The first-order valence-corrected chi connectivity index (χ1v) is 15.0. The lowest BCUT2D eigenvalue weighted by Gasteiger charge is -2.31. The van der Waals surface area contributed by atoms with Crippen LogP contribution in [0, 0.1) is 5.41 Å². The second-order valence-electron chi connectivity index (χ2n) is 9.60. The van der Waals surface area contributed by atoms with Gasteiger partial charge >= 0.3 is 17.9 Å². The molecule has 246 valence electrons. The minimum absolute atomic E-state index is 0.0299. The van der Waals surface area contributed by atoms with Crippen LogP contribution in [0.1, 0.15) is 52.0 Å². The summed E-state index contributed by atoms with van der Waals surface area (Å²) in [6, 6.07) is 10.1. The summed E-state index contributed by atoms with van der Waals surface area (Å²) in [4.78, 5) is 35.0. The molecule has 1 aromatic rings. The zero-order chi connectivity index (χ0) is 32.1. The molecule has 0 aliphatic heterocycles. The molecule has 0 bridgehead atoms. The van der Waals surface area contributed by atoms with Gasteiger partial charge in [-0.05, 0) is 39.2 Å². The summed E-state index contributed by atoms with van der Waals surface area (Å²) < 4.78 is 43.3. The first-order valence-electron chi connectivity index (χ1n) is 15.0. The Labute approximate surface area is 261 Å². The second kappa shape index (κ2) is 25.6. The average Bonchev–Trinajstić information content (AvgIpc) is 3.01. The molecule has 0 spiro atoms. The van der Waals surface area contributed by atoms with Crippen LogP contribution in [0.4, 0.5) is 0 Å². The lowest BCUT2D eigenvalue weighted by Crippen LogP contribution is -2.40. The van der Waals surface area contributed by atoms with Gasteiger partial charge < -0.3 is 37.9 Å². The standard InChI is InChI=1S/C33H48O11/c1-4-42-30(34)16-21-39-26-33(27-40-22-17-31(35)43-5-2,28-41-23-18-32(36)44-6-3)25-38-20-13-8-7-12-19-37-24-29-14-10-9-11-15-29/h9-11,14-18,21-23H,4-8,12-13,19-20,24-28H2,1-3H3/b21-16+,22-17?,23-18?. The maximum atomic E-state index is 11.7. The number of carbonyl (C=O) groups is 3. The van der Waals surface area contributed by atoms with E-state index in [-0.39, 0.29) is 46.2 Å². The Balaban J connectivity index is 2.70. The summed E-state index contributed by atoms with van der Waals surface area (Å²) in [6.07, 6.45) is 11.0.